The highest BCUT2D eigenvalue weighted by Gasteiger charge is 2.04. The molecular weight excluding hydrogens is 346 g/mol. The summed E-state index contributed by atoms with van der Waals surface area (Å²) >= 11 is 8.51. The van der Waals surface area contributed by atoms with Gasteiger partial charge in [-0.2, -0.15) is 0 Å². The highest BCUT2D eigenvalue weighted by Crippen LogP contribution is 2.20. The monoisotopic (exact) mass is 356 g/mol. The van der Waals surface area contributed by atoms with Crippen molar-refractivity contribution in [2.24, 2.45) is 0 Å². The van der Waals surface area contributed by atoms with Gasteiger partial charge in [-0.25, -0.2) is 8.78 Å². The van der Waals surface area contributed by atoms with Crippen molar-refractivity contribution in [3.8, 4) is 0 Å². The molecule has 2 nitrogen and oxygen atoms in total. The molecule has 2 N–H and O–H groups in total. The minimum Gasteiger partial charge on any atom is -0.332 e. The van der Waals surface area contributed by atoms with E-state index < -0.39 is 11.6 Å². The molecule has 0 fully saturated rings. The van der Waals surface area contributed by atoms with Gasteiger partial charge >= 0.3 is 0 Å². The Morgan fingerprint density at radius 3 is 2.20 bits per heavy atom. The van der Waals surface area contributed by atoms with Gasteiger partial charge in [-0.3, -0.25) is 0 Å². The molecule has 2 aromatic carbocycles. The van der Waals surface area contributed by atoms with Crippen LogP contribution >= 0.6 is 28.1 Å². The lowest BCUT2D eigenvalue weighted by atomic mass is 10.2. The number of hydrogen-bond acceptors (Lipinski definition) is 1. The van der Waals surface area contributed by atoms with E-state index in [9.17, 15) is 8.78 Å². The van der Waals surface area contributed by atoms with Gasteiger partial charge in [0, 0.05) is 21.9 Å². The summed E-state index contributed by atoms with van der Waals surface area (Å²) in [6, 6.07) is 8.79. The van der Waals surface area contributed by atoms with E-state index in [2.05, 4.69) is 26.6 Å². The van der Waals surface area contributed by atoms with Crippen molar-refractivity contribution >= 4 is 44.6 Å². The van der Waals surface area contributed by atoms with Gasteiger partial charge in [0.15, 0.2) is 5.11 Å². The van der Waals surface area contributed by atoms with Gasteiger partial charge in [0.25, 0.3) is 0 Å². The average molecular weight is 357 g/mol. The van der Waals surface area contributed by atoms with Crippen molar-refractivity contribution in [1.29, 1.82) is 0 Å². The fraction of sp³-hybridized carbons (Fsp3) is 0.0714. The molecule has 0 aromatic heterocycles. The molecule has 0 saturated carbocycles. The van der Waals surface area contributed by atoms with Crippen LogP contribution in [-0.4, -0.2) is 5.11 Å². The Labute approximate surface area is 129 Å². The fourth-order valence-corrected chi connectivity index (χ4v) is 2.12. The maximum atomic E-state index is 13.1. The third-order valence-electron chi connectivity index (χ3n) is 2.54. The molecule has 0 radical (unpaired) electrons. The third kappa shape index (κ3) is 3.98. The Morgan fingerprint density at radius 2 is 1.60 bits per heavy atom. The second kappa shape index (κ2) is 6.28. The van der Waals surface area contributed by atoms with E-state index in [1.807, 2.05) is 25.1 Å². The van der Waals surface area contributed by atoms with Crippen LogP contribution in [0.4, 0.5) is 20.2 Å². The molecule has 0 bridgehead atoms. The Hall–Kier alpha value is -1.53. The lowest BCUT2D eigenvalue weighted by Gasteiger charge is -2.11. The number of halogens is 3. The highest BCUT2D eigenvalue weighted by molar-refractivity contribution is 9.10. The zero-order chi connectivity index (χ0) is 14.7. The number of anilines is 2. The Kier molecular flexibility index (Phi) is 4.67. The van der Waals surface area contributed by atoms with Gasteiger partial charge < -0.3 is 10.6 Å². The molecule has 0 amide bonds. The van der Waals surface area contributed by atoms with Crippen molar-refractivity contribution in [1.82, 2.24) is 0 Å². The second-order valence-electron chi connectivity index (χ2n) is 4.20. The van der Waals surface area contributed by atoms with Crippen LogP contribution < -0.4 is 10.6 Å². The Morgan fingerprint density at radius 1 is 1.00 bits per heavy atom. The summed E-state index contributed by atoms with van der Waals surface area (Å²) in [6.45, 7) is 1.95. The molecule has 0 aliphatic carbocycles. The molecule has 0 unspecified atom stereocenters. The second-order valence-corrected chi connectivity index (χ2v) is 5.46. The summed E-state index contributed by atoms with van der Waals surface area (Å²) in [6.07, 6.45) is 0. The number of rotatable bonds is 2. The normalized spacial score (nSPS) is 10.2. The predicted molar refractivity (Wildman–Crippen MR) is 85.1 cm³/mol. The molecule has 0 heterocycles. The summed E-state index contributed by atoms with van der Waals surface area (Å²) in [5.41, 5.74) is 2.10. The van der Waals surface area contributed by atoms with Gasteiger partial charge in [-0.1, -0.05) is 15.9 Å². The van der Waals surface area contributed by atoms with Crippen molar-refractivity contribution in [3.05, 3.63) is 58.1 Å². The fourth-order valence-electron chi connectivity index (χ4n) is 1.64. The Bertz CT molecular complexity index is 641. The van der Waals surface area contributed by atoms with Crippen molar-refractivity contribution in [2.45, 2.75) is 6.92 Å². The van der Waals surface area contributed by atoms with Crippen LogP contribution in [0.15, 0.2) is 40.9 Å². The maximum Gasteiger partial charge on any atom is 0.175 e. The maximum absolute atomic E-state index is 13.1. The van der Waals surface area contributed by atoms with Crippen molar-refractivity contribution in [2.75, 3.05) is 10.6 Å². The first-order chi connectivity index (χ1) is 9.44. The molecule has 20 heavy (non-hydrogen) atoms. The number of nitrogens with one attached hydrogen (secondary N) is 2. The smallest absolute Gasteiger partial charge is 0.175 e. The van der Waals surface area contributed by atoms with Crippen LogP contribution in [0.1, 0.15) is 5.56 Å². The van der Waals surface area contributed by atoms with Crippen LogP contribution in [-0.2, 0) is 0 Å². The molecule has 104 valence electrons. The minimum atomic E-state index is -0.658. The van der Waals surface area contributed by atoms with E-state index in [1.165, 1.54) is 12.1 Å². The molecular formula is C14H11BrF2N2S. The summed E-state index contributed by atoms with van der Waals surface area (Å²) in [5, 5.41) is 5.95. The number of hydrogen-bond donors (Lipinski definition) is 2. The SMILES string of the molecule is Cc1cc(NC(=S)Nc2cc(F)cc(F)c2)ccc1Br. The molecule has 0 atom stereocenters. The first kappa shape index (κ1) is 14.9. The topological polar surface area (TPSA) is 24.1 Å². The molecule has 2 rings (SSSR count). The van der Waals surface area contributed by atoms with E-state index in [1.54, 1.807) is 0 Å². The minimum absolute atomic E-state index is 0.258. The van der Waals surface area contributed by atoms with E-state index in [0.29, 0.717) is 0 Å². The summed E-state index contributed by atoms with van der Waals surface area (Å²) < 4.78 is 27.1. The van der Waals surface area contributed by atoms with E-state index in [0.717, 1.165) is 21.8 Å². The van der Waals surface area contributed by atoms with E-state index in [4.69, 9.17) is 12.2 Å². The van der Waals surface area contributed by atoms with Crippen LogP contribution in [0.3, 0.4) is 0 Å². The number of thiocarbonyl (C=S) groups is 1. The van der Waals surface area contributed by atoms with Crippen molar-refractivity contribution in [3.63, 3.8) is 0 Å². The van der Waals surface area contributed by atoms with Gasteiger partial charge in [0.05, 0.1) is 0 Å². The third-order valence-corrected chi connectivity index (χ3v) is 3.63. The zero-order valence-electron chi connectivity index (χ0n) is 10.5. The standard InChI is InChI=1S/C14H11BrF2N2S/c1-8-4-11(2-3-13(8)15)18-14(20)19-12-6-9(16)5-10(17)7-12/h2-7H,1H3,(H2,18,19,20). The van der Waals surface area contributed by atoms with Crippen molar-refractivity contribution < 1.29 is 8.78 Å². The van der Waals surface area contributed by atoms with Crippen LogP contribution in [0.25, 0.3) is 0 Å². The quantitative estimate of drug-likeness (QED) is 0.752. The zero-order valence-corrected chi connectivity index (χ0v) is 12.9. The average Bonchev–Trinajstić information content (AvgIpc) is 2.32. The number of aryl methyl sites for hydroxylation is 1. The van der Waals surface area contributed by atoms with E-state index in [-0.39, 0.29) is 10.8 Å². The van der Waals surface area contributed by atoms with Gasteiger partial charge in [0.1, 0.15) is 11.6 Å². The first-order valence-corrected chi connectivity index (χ1v) is 6.94. The van der Waals surface area contributed by atoms with Gasteiger partial charge in [-0.05, 0) is 55.0 Å². The summed E-state index contributed by atoms with van der Waals surface area (Å²) in [5.74, 6) is -1.32. The van der Waals surface area contributed by atoms with Gasteiger partial charge in [0.2, 0.25) is 0 Å². The summed E-state index contributed by atoms with van der Waals surface area (Å²) in [7, 11) is 0. The molecule has 0 aliphatic rings. The molecule has 0 aliphatic heterocycles. The largest absolute Gasteiger partial charge is 0.332 e. The van der Waals surface area contributed by atoms with Crippen LogP contribution in [0.5, 0.6) is 0 Å². The number of benzene rings is 2. The first-order valence-electron chi connectivity index (χ1n) is 5.74. The summed E-state index contributed by atoms with van der Waals surface area (Å²) in [4.78, 5) is 0. The molecule has 0 spiro atoms. The van der Waals surface area contributed by atoms with E-state index >= 15 is 0 Å². The molecule has 2 aromatic rings. The van der Waals surface area contributed by atoms with Crippen LogP contribution in [0.2, 0.25) is 0 Å². The molecule has 0 saturated heterocycles. The Balaban J connectivity index is 2.06. The highest BCUT2D eigenvalue weighted by atomic mass is 79.9. The lowest BCUT2D eigenvalue weighted by Crippen LogP contribution is -2.19. The van der Waals surface area contributed by atoms with Crippen LogP contribution in [0, 0.1) is 18.6 Å². The predicted octanol–water partition coefficient (Wildman–Crippen LogP) is 4.84. The van der Waals surface area contributed by atoms with Gasteiger partial charge in [-0.15, -0.1) is 0 Å². The lowest BCUT2D eigenvalue weighted by molar-refractivity contribution is 0.584. The molecule has 6 heteroatoms.